The van der Waals surface area contributed by atoms with Gasteiger partial charge < -0.3 is 20.6 Å². The van der Waals surface area contributed by atoms with Gasteiger partial charge in [-0.1, -0.05) is 30.3 Å². The summed E-state index contributed by atoms with van der Waals surface area (Å²) in [4.78, 5) is 6.63. The van der Waals surface area contributed by atoms with Crippen molar-refractivity contribution in [3.63, 3.8) is 0 Å². The molecule has 6 heteroatoms. The highest BCUT2D eigenvalue weighted by atomic mass is 127. The highest BCUT2D eigenvalue weighted by molar-refractivity contribution is 14.0. The summed E-state index contributed by atoms with van der Waals surface area (Å²) >= 11 is 0. The highest BCUT2D eigenvalue weighted by Gasteiger charge is 2.19. The van der Waals surface area contributed by atoms with Gasteiger partial charge >= 0.3 is 0 Å². The van der Waals surface area contributed by atoms with Crippen molar-refractivity contribution in [1.29, 1.82) is 0 Å². The lowest BCUT2D eigenvalue weighted by Crippen LogP contribution is -2.42. The number of hydrogen-bond acceptors (Lipinski definition) is 3. The van der Waals surface area contributed by atoms with Crippen LogP contribution in [0.1, 0.15) is 17.9 Å². The Balaban J connectivity index is 0.00000264. The fraction of sp³-hybridized carbons (Fsp3) is 0.588. The van der Waals surface area contributed by atoms with E-state index >= 15 is 0 Å². The first-order valence-electron chi connectivity index (χ1n) is 8.01. The highest BCUT2D eigenvalue weighted by Crippen LogP contribution is 2.14. The molecule has 0 aliphatic carbocycles. The largest absolute Gasteiger partial charge is 0.396 e. The summed E-state index contributed by atoms with van der Waals surface area (Å²) in [5.41, 5.74) is 1.14. The molecule has 1 aliphatic heterocycles. The van der Waals surface area contributed by atoms with E-state index in [-0.39, 0.29) is 36.5 Å². The zero-order chi connectivity index (χ0) is 15.8. The van der Waals surface area contributed by atoms with Crippen LogP contribution in [0.3, 0.4) is 0 Å². The molecular formula is C17H29IN4O. The average Bonchev–Trinajstić information content (AvgIpc) is 2.97. The number of nitrogens with zero attached hydrogens (tertiary/aromatic N) is 2. The van der Waals surface area contributed by atoms with Crippen LogP contribution in [0, 0.1) is 5.92 Å². The van der Waals surface area contributed by atoms with E-state index in [0.717, 1.165) is 24.6 Å². The molecule has 0 bridgehead atoms. The number of aliphatic hydroxyl groups excluding tert-OH is 1. The molecule has 1 heterocycles. The average molecular weight is 432 g/mol. The molecule has 1 fully saturated rings. The van der Waals surface area contributed by atoms with E-state index in [1.807, 2.05) is 30.3 Å². The van der Waals surface area contributed by atoms with Crippen molar-refractivity contribution < 1.29 is 5.11 Å². The molecule has 5 nitrogen and oxygen atoms in total. The van der Waals surface area contributed by atoms with Crippen molar-refractivity contribution >= 4 is 29.9 Å². The Morgan fingerprint density at radius 2 is 2.09 bits per heavy atom. The van der Waals surface area contributed by atoms with Gasteiger partial charge in [-0.05, 0) is 31.5 Å². The van der Waals surface area contributed by atoms with Gasteiger partial charge in [0.25, 0.3) is 0 Å². The number of benzene rings is 1. The van der Waals surface area contributed by atoms with Crippen LogP contribution in [0.4, 0.5) is 0 Å². The van der Waals surface area contributed by atoms with Gasteiger partial charge in [0.2, 0.25) is 0 Å². The second-order valence-corrected chi connectivity index (χ2v) is 6.04. The molecule has 2 rings (SSSR count). The maximum atomic E-state index is 9.59. The van der Waals surface area contributed by atoms with Gasteiger partial charge in [0.05, 0.1) is 6.61 Å². The molecule has 1 saturated heterocycles. The number of likely N-dealkylation sites (tertiary alicyclic amines) is 1. The van der Waals surface area contributed by atoms with Crippen LogP contribution in [-0.2, 0) is 0 Å². The first-order chi connectivity index (χ1) is 10.7. The van der Waals surface area contributed by atoms with Gasteiger partial charge in [-0.3, -0.25) is 4.99 Å². The number of nitrogens with one attached hydrogen (secondary N) is 2. The number of hydrogen-bond donors (Lipinski definition) is 3. The Labute approximate surface area is 156 Å². The molecule has 1 aromatic rings. The molecule has 23 heavy (non-hydrogen) atoms. The maximum absolute atomic E-state index is 9.59. The summed E-state index contributed by atoms with van der Waals surface area (Å²) in [5.74, 6) is 1.58. The van der Waals surface area contributed by atoms with E-state index in [1.54, 1.807) is 7.05 Å². The topological polar surface area (TPSA) is 59.9 Å². The third-order valence-electron chi connectivity index (χ3n) is 4.28. The lowest BCUT2D eigenvalue weighted by atomic mass is 10.0. The molecule has 0 amide bonds. The van der Waals surface area contributed by atoms with E-state index in [2.05, 4.69) is 27.6 Å². The third-order valence-corrected chi connectivity index (χ3v) is 4.28. The Hall–Kier alpha value is -0.860. The zero-order valence-electron chi connectivity index (χ0n) is 14.0. The van der Waals surface area contributed by atoms with Crippen molar-refractivity contribution in [2.24, 2.45) is 10.9 Å². The monoisotopic (exact) mass is 432 g/mol. The van der Waals surface area contributed by atoms with Crippen LogP contribution < -0.4 is 10.6 Å². The molecule has 1 aromatic carbocycles. The van der Waals surface area contributed by atoms with Crippen molar-refractivity contribution in [2.75, 3.05) is 46.9 Å². The molecule has 3 N–H and O–H groups in total. The van der Waals surface area contributed by atoms with Crippen molar-refractivity contribution in [2.45, 2.75) is 12.3 Å². The van der Waals surface area contributed by atoms with Crippen molar-refractivity contribution in [1.82, 2.24) is 15.5 Å². The summed E-state index contributed by atoms with van der Waals surface area (Å²) in [6.45, 7) is 4.07. The number of aliphatic hydroxyl groups is 1. The number of aliphatic imine (C=N–C) groups is 1. The van der Waals surface area contributed by atoms with Gasteiger partial charge in [0, 0.05) is 32.6 Å². The first-order valence-corrected chi connectivity index (χ1v) is 8.01. The second-order valence-electron chi connectivity index (χ2n) is 6.04. The Kier molecular flexibility index (Phi) is 9.50. The second kappa shape index (κ2) is 10.8. The Bertz CT molecular complexity index is 469. The SMILES string of the molecule is CN=C(NCC1CCN(C)C1)NCC(CO)c1ccccc1.I. The summed E-state index contributed by atoms with van der Waals surface area (Å²) in [5, 5.41) is 16.3. The Morgan fingerprint density at radius 1 is 1.35 bits per heavy atom. The zero-order valence-corrected chi connectivity index (χ0v) is 16.4. The molecule has 0 saturated carbocycles. The molecule has 0 aromatic heterocycles. The number of guanidine groups is 1. The van der Waals surface area contributed by atoms with Crippen LogP contribution in [0.2, 0.25) is 0 Å². The predicted octanol–water partition coefficient (Wildman–Crippen LogP) is 1.50. The fourth-order valence-electron chi connectivity index (χ4n) is 2.89. The molecule has 0 spiro atoms. The maximum Gasteiger partial charge on any atom is 0.191 e. The van der Waals surface area contributed by atoms with Gasteiger partial charge in [0.1, 0.15) is 0 Å². The van der Waals surface area contributed by atoms with E-state index in [4.69, 9.17) is 0 Å². The minimum atomic E-state index is 0. The lowest BCUT2D eigenvalue weighted by molar-refractivity contribution is 0.265. The molecule has 2 atom stereocenters. The van der Waals surface area contributed by atoms with Crippen molar-refractivity contribution in [3.05, 3.63) is 35.9 Å². The quantitative estimate of drug-likeness (QED) is 0.362. The minimum Gasteiger partial charge on any atom is -0.396 e. The van der Waals surface area contributed by atoms with Gasteiger partial charge in [-0.25, -0.2) is 0 Å². The number of halogens is 1. The van der Waals surface area contributed by atoms with Crippen LogP contribution in [-0.4, -0.2) is 62.8 Å². The van der Waals surface area contributed by atoms with Crippen molar-refractivity contribution in [3.8, 4) is 0 Å². The first kappa shape index (κ1) is 20.2. The normalized spacial score (nSPS) is 20.0. The minimum absolute atomic E-state index is 0. The predicted molar refractivity (Wildman–Crippen MR) is 107 cm³/mol. The van der Waals surface area contributed by atoms with Crippen LogP contribution in [0.5, 0.6) is 0 Å². The van der Waals surface area contributed by atoms with Gasteiger partial charge in [-0.15, -0.1) is 24.0 Å². The van der Waals surface area contributed by atoms with E-state index in [0.29, 0.717) is 12.5 Å². The summed E-state index contributed by atoms with van der Waals surface area (Å²) in [6.07, 6.45) is 1.24. The third kappa shape index (κ3) is 6.64. The van der Waals surface area contributed by atoms with Crippen LogP contribution in [0.15, 0.2) is 35.3 Å². The summed E-state index contributed by atoms with van der Waals surface area (Å²) in [6, 6.07) is 10.1. The fourth-order valence-corrected chi connectivity index (χ4v) is 2.89. The lowest BCUT2D eigenvalue weighted by Gasteiger charge is -2.19. The van der Waals surface area contributed by atoms with E-state index < -0.39 is 0 Å². The van der Waals surface area contributed by atoms with Gasteiger partial charge in [-0.2, -0.15) is 0 Å². The van der Waals surface area contributed by atoms with E-state index in [1.165, 1.54) is 13.0 Å². The molecule has 1 aliphatic rings. The smallest absolute Gasteiger partial charge is 0.191 e. The molecule has 130 valence electrons. The number of rotatable bonds is 6. The molecule has 0 radical (unpaired) electrons. The van der Waals surface area contributed by atoms with E-state index in [9.17, 15) is 5.11 Å². The summed E-state index contributed by atoms with van der Waals surface area (Å²) in [7, 11) is 3.95. The van der Waals surface area contributed by atoms with Crippen LogP contribution >= 0.6 is 24.0 Å². The molecular weight excluding hydrogens is 403 g/mol. The van der Waals surface area contributed by atoms with Gasteiger partial charge in [0.15, 0.2) is 5.96 Å². The standard InChI is InChI=1S/C17H28N4O.HI/c1-18-17(19-10-14-8-9-21(2)12-14)20-11-16(13-22)15-6-4-3-5-7-15;/h3-7,14,16,22H,8-13H2,1-2H3,(H2,18,19,20);1H. The molecule has 2 unspecified atom stereocenters. The summed E-state index contributed by atoms with van der Waals surface area (Å²) < 4.78 is 0. The Morgan fingerprint density at radius 3 is 2.65 bits per heavy atom. The van der Waals surface area contributed by atoms with Crippen LogP contribution in [0.25, 0.3) is 0 Å².